The van der Waals surface area contributed by atoms with Crippen molar-refractivity contribution in [2.24, 2.45) is 0 Å². The van der Waals surface area contributed by atoms with Gasteiger partial charge in [-0.15, -0.1) is 0 Å². The first-order valence-corrected chi connectivity index (χ1v) is 20.5. The van der Waals surface area contributed by atoms with E-state index in [0.717, 1.165) is 55.7 Å². The summed E-state index contributed by atoms with van der Waals surface area (Å²) in [6.45, 7) is 6.83. The van der Waals surface area contributed by atoms with Crippen LogP contribution in [0.25, 0.3) is 100 Å². The highest BCUT2D eigenvalue weighted by Gasteiger charge is 2.24. The average Bonchev–Trinajstić information content (AvgIpc) is 3.82. The van der Waals surface area contributed by atoms with Gasteiger partial charge < -0.3 is 9.13 Å². The highest BCUT2D eigenvalue weighted by Crippen LogP contribution is 2.42. The molecule has 0 radical (unpaired) electrons. The molecule has 0 saturated heterocycles. The first kappa shape index (κ1) is 35.5. The third kappa shape index (κ3) is 5.89. The SMILES string of the molecule is CC(C)(C)c1ccc2c3ccccc3n(-c3ccc(-c4cccc5c6ccccc6n(-c6ccccc6)c45)cc3-c3nc(-c4ccccc4)nc(-c4ccccc4)n3)c2c1. The summed E-state index contributed by atoms with van der Waals surface area (Å²) in [6.07, 6.45) is 0. The number of hydrogen-bond donors (Lipinski definition) is 0. The minimum atomic E-state index is -0.0402. The molecule has 5 nitrogen and oxygen atoms in total. The largest absolute Gasteiger partial charge is 0.309 e. The molecule has 0 N–H and O–H groups in total. The summed E-state index contributed by atoms with van der Waals surface area (Å²) in [5.41, 5.74) is 12.9. The minimum absolute atomic E-state index is 0.0402. The zero-order valence-electron chi connectivity index (χ0n) is 33.7. The number of para-hydroxylation sites is 4. The van der Waals surface area contributed by atoms with E-state index in [1.54, 1.807) is 0 Å². The van der Waals surface area contributed by atoms with Gasteiger partial charge in [0.2, 0.25) is 0 Å². The van der Waals surface area contributed by atoms with Crippen LogP contribution in [0.3, 0.4) is 0 Å². The number of benzene rings is 8. The fourth-order valence-electron chi connectivity index (χ4n) is 8.80. The van der Waals surface area contributed by atoms with Gasteiger partial charge in [0.1, 0.15) is 0 Å². The zero-order chi connectivity index (χ0) is 40.4. The summed E-state index contributed by atoms with van der Waals surface area (Å²) in [7, 11) is 0. The lowest BCUT2D eigenvalue weighted by Gasteiger charge is -2.20. The van der Waals surface area contributed by atoms with Gasteiger partial charge in [0.15, 0.2) is 17.5 Å². The van der Waals surface area contributed by atoms with Crippen molar-refractivity contribution < 1.29 is 0 Å². The third-order valence-electron chi connectivity index (χ3n) is 11.7. The van der Waals surface area contributed by atoms with E-state index < -0.39 is 0 Å². The smallest absolute Gasteiger partial charge is 0.166 e. The van der Waals surface area contributed by atoms with Crippen LogP contribution in [-0.2, 0) is 5.41 Å². The van der Waals surface area contributed by atoms with Crippen molar-refractivity contribution in [2.75, 3.05) is 0 Å². The number of nitrogens with zero attached hydrogens (tertiary/aromatic N) is 5. The van der Waals surface area contributed by atoms with Crippen molar-refractivity contribution in [3.63, 3.8) is 0 Å². The topological polar surface area (TPSA) is 48.5 Å². The molecule has 0 spiro atoms. The van der Waals surface area contributed by atoms with Crippen molar-refractivity contribution in [3.8, 4) is 56.7 Å². The molecule has 0 aliphatic carbocycles. The summed E-state index contributed by atoms with van der Waals surface area (Å²) in [4.78, 5) is 15.8. The molecule has 8 aromatic carbocycles. The molecule has 0 aliphatic heterocycles. The van der Waals surface area contributed by atoms with E-state index in [1.807, 2.05) is 36.4 Å². The first-order chi connectivity index (χ1) is 29.4. The van der Waals surface area contributed by atoms with Crippen LogP contribution >= 0.6 is 0 Å². The van der Waals surface area contributed by atoms with E-state index in [-0.39, 0.29) is 5.41 Å². The molecule has 0 fully saturated rings. The Morgan fingerprint density at radius 2 is 0.900 bits per heavy atom. The monoisotopic (exact) mass is 771 g/mol. The molecule has 11 rings (SSSR count). The molecule has 0 unspecified atom stereocenters. The van der Waals surface area contributed by atoms with Gasteiger partial charge in [-0.1, -0.05) is 172 Å². The predicted molar refractivity (Wildman–Crippen MR) is 249 cm³/mol. The number of rotatable bonds is 6. The molecule has 0 atom stereocenters. The Balaban J connectivity index is 1.25. The maximum absolute atomic E-state index is 5.34. The van der Waals surface area contributed by atoms with Crippen molar-refractivity contribution in [2.45, 2.75) is 26.2 Å². The molecule has 0 amide bonds. The predicted octanol–water partition coefficient (Wildman–Crippen LogP) is 14.0. The Morgan fingerprint density at radius 3 is 1.55 bits per heavy atom. The summed E-state index contributed by atoms with van der Waals surface area (Å²) < 4.78 is 4.81. The molecule has 5 heteroatoms. The fraction of sp³-hybridized carbons (Fsp3) is 0.0727. The van der Waals surface area contributed by atoms with Crippen LogP contribution in [0, 0.1) is 0 Å². The second kappa shape index (κ2) is 14.0. The van der Waals surface area contributed by atoms with Gasteiger partial charge in [-0.25, -0.2) is 15.0 Å². The van der Waals surface area contributed by atoms with Crippen LogP contribution in [0.2, 0.25) is 0 Å². The first-order valence-electron chi connectivity index (χ1n) is 20.5. The molecular formula is C55H41N5. The van der Waals surface area contributed by atoms with Gasteiger partial charge in [-0.3, -0.25) is 0 Å². The lowest BCUT2D eigenvalue weighted by atomic mass is 9.86. The summed E-state index contributed by atoms with van der Waals surface area (Å²) in [5.74, 6) is 1.85. The summed E-state index contributed by atoms with van der Waals surface area (Å²) in [6, 6.07) is 68.9. The van der Waals surface area contributed by atoms with Crippen LogP contribution in [0.5, 0.6) is 0 Å². The van der Waals surface area contributed by atoms with Crippen LogP contribution < -0.4 is 0 Å². The second-order valence-electron chi connectivity index (χ2n) is 16.5. The van der Waals surface area contributed by atoms with Crippen LogP contribution in [-0.4, -0.2) is 24.1 Å². The molecule has 3 heterocycles. The third-order valence-corrected chi connectivity index (χ3v) is 11.7. The van der Waals surface area contributed by atoms with E-state index in [1.165, 1.54) is 32.6 Å². The lowest BCUT2D eigenvalue weighted by Crippen LogP contribution is -2.11. The van der Waals surface area contributed by atoms with E-state index in [2.05, 4.69) is 188 Å². The fourth-order valence-corrected chi connectivity index (χ4v) is 8.80. The Kier molecular flexibility index (Phi) is 8.31. The van der Waals surface area contributed by atoms with Gasteiger partial charge >= 0.3 is 0 Å². The number of hydrogen-bond acceptors (Lipinski definition) is 3. The number of aromatic nitrogens is 5. The van der Waals surface area contributed by atoms with E-state index in [4.69, 9.17) is 15.0 Å². The molecule has 11 aromatic rings. The lowest BCUT2D eigenvalue weighted by molar-refractivity contribution is 0.591. The van der Waals surface area contributed by atoms with Crippen molar-refractivity contribution in [3.05, 3.63) is 200 Å². The highest BCUT2D eigenvalue weighted by atomic mass is 15.1. The maximum atomic E-state index is 5.34. The van der Waals surface area contributed by atoms with Gasteiger partial charge in [0.05, 0.1) is 27.8 Å². The van der Waals surface area contributed by atoms with Crippen molar-refractivity contribution >= 4 is 43.6 Å². The van der Waals surface area contributed by atoms with Crippen LogP contribution in [0.1, 0.15) is 26.3 Å². The molecular weight excluding hydrogens is 731 g/mol. The Hall–Kier alpha value is -7.63. The zero-order valence-corrected chi connectivity index (χ0v) is 33.7. The molecule has 286 valence electrons. The minimum Gasteiger partial charge on any atom is -0.309 e. The van der Waals surface area contributed by atoms with Gasteiger partial charge in [-0.2, -0.15) is 0 Å². The second-order valence-corrected chi connectivity index (χ2v) is 16.5. The molecule has 3 aromatic heterocycles. The highest BCUT2D eigenvalue weighted by molar-refractivity contribution is 6.14. The van der Waals surface area contributed by atoms with Gasteiger partial charge in [0, 0.05) is 49.5 Å². The van der Waals surface area contributed by atoms with E-state index >= 15 is 0 Å². The van der Waals surface area contributed by atoms with Gasteiger partial charge in [-0.05, 0) is 59.0 Å². The van der Waals surface area contributed by atoms with Crippen molar-refractivity contribution in [1.82, 2.24) is 24.1 Å². The van der Waals surface area contributed by atoms with Crippen LogP contribution in [0.15, 0.2) is 194 Å². The number of fused-ring (bicyclic) bond motifs is 6. The van der Waals surface area contributed by atoms with E-state index in [0.29, 0.717) is 17.5 Å². The summed E-state index contributed by atoms with van der Waals surface area (Å²) >= 11 is 0. The molecule has 0 saturated carbocycles. The molecule has 60 heavy (non-hydrogen) atoms. The standard InChI is InChI=1S/C55H41N5/c1-55(2,3)39-31-32-44-42-24-13-16-29-48(42)60(50(44)35-39)49-33-30-38(41-26-17-27-45-43-25-14-15-28-47(43)59(51(41)45)40-22-11-6-12-23-40)34-46(49)54-57-52(36-18-7-4-8-19-36)56-53(58-54)37-20-9-5-10-21-37/h4-35H,1-3H3. The Bertz CT molecular complexity index is 3330. The average molecular weight is 772 g/mol. The Labute approximate surface area is 348 Å². The maximum Gasteiger partial charge on any atom is 0.166 e. The van der Waals surface area contributed by atoms with E-state index in [9.17, 15) is 0 Å². The quantitative estimate of drug-likeness (QED) is 0.169. The Morgan fingerprint density at radius 1 is 0.367 bits per heavy atom. The molecule has 0 bridgehead atoms. The normalized spacial score (nSPS) is 11.9. The van der Waals surface area contributed by atoms with Crippen molar-refractivity contribution in [1.29, 1.82) is 0 Å². The van der Waals surface area contributed by atoms with Crippen LogP contribution in [0.4, 0.5) is 0 Å². The van der Waals surface area contributed by atoms with Gasteiger partial charge in [0.25, 0.3) is 0 Å². The summed E-state index contributed by atoms with van der Waals surface area (Å²) in [5, 5.41) is 4.82. The molecule has 0 aliphatic rings.